The third kappa shape index (κ3) is 4.76. The minimum atomic E-state index is -0.139. The molecule has 3 rings (SSSR count). The van der Waals surface area contributed by atoms with Gasteiger partial charge in [0.2, 0.25) is 11.8 Å². The van der Waals surface area contributed by atoms with Gasteiger partial charge in [-0.2, -0.15) is 0 Å². The highest BCUT2D eigenvalue weighted by Crippen LogP contribution is 2.28. The molecule has 0 fully saturated rings. The van der Waals surface area contributed by atoms with Crippen LogP contribution in [-0.4, -0.2) is 22.8 Å². The van der Waals surface area contributed by atoms with Crippen molar-refractivity contribution in [3.63, 3.8) is 0 Å². The van der Waals surface area contributed by atoms with Gasteiger partial charge in [0.25, 0.3) is 0 Å². The van der Waals surface area contributed by atoms with Gasteiger partial charge < -0.3 is 10.2 Å². The van der Waals surface area contributed by atoms with Crippen LogP contribution in [0.3, 0.4) is 0 Å². The first kappa shape index (κ1) is 19.2. The number of hydrogen-bond donors (Lipinski definition) is 1. The van der Waals surface area contributed by atoms with Gasteiger partial charge in [0, 0.05) is 30.6 Å². The Balaban J connectivity index is 1.63. The van der Waals surface area contributed by atoms with Gasteiger partial charge in [-0.3, -0.25) is 9.59 Å². The van der Waals surface area contributed by atoms with Crippen molar-refractivity contribution >= 4 is 17.5 Å². The lowest BCUT2D eigenvalue weighted by atomic mass is 9.89. The molecule has 27 heavy (non-hydrogen) atoms. The molecule has 0 aliphatic carbocycles. The van der Waals surface area contributed by atoms with E-state index in [1.54, 1.807) is 0 Å². The van der Waals surface area contributed by atoms with Crippen LogP contribution in [0, 0.1) is 5.92 Å². The summed E-state index contributed by atoms with van der Waals surface area (Å²) < 4.78 is 0. The molecule has 0 bridgehead atoms. The number of para-hydroxylation sites is 1. The van der Waals surface area contributed by atoms with Crippen LogP contribution in [0.5, 0.6) is 0 Å². The summed E-state index contributed by atoms with van der Waals surface area (Å²) in [7, 11) is 0. The van der Waals surface area contributed by atoms with E-state index in [9.17, 15) is 9.59 Å². The molecule has 0 aromatic heterocycles. The highest BCUT2D eigenvalue weighted by molar-refractivity contribution is 5.96. The number of anilines is 1. The quantitative estimate of drug-likeness (QED) is 0.791. The molecule has 4 nitrogen and oxygen atoms in total. The van der Waals surface area contributed by atoms with Crippen LogP contribution in [0.1, 0.15) is 44.2 Å². The lowest BCUT2D eigenvalue weighted by Crippen LogP contribution is -2.38. The lowest BCUT2D eigenvalue weighted by Gasteiger charge is -2.30. The fourth-order valence-electron chi connectivity index (χ4n) is 3.58. The molecule has 2 amide bonds. The number of carbonyl (C=O) groups excluding carboxylic acids is 2. The Morgan fingerprint density at radius 1 is 1.15 bits per heavy atom. The first-order valence-corrected chi connectivity index (χ1v) is 9.80. The molecule has 0 spiro atoms. The van der Waals surface area contributed by atoms with Crippen molar-refractivity contribution in [2.24, 2.45) is 5.92 Å². The van der Waals surface area contributed by atoms with Gasteiger partial charge in [0.05, 0.1) is 0 Å². The molecule has 1 N–H and O–H groups in total. The zero-order valence-electron chi connectivity index (χ0n) is 16.2. The number of nitrogens with zero attached hydrogens (tertiary/aromatic N) is 1. The Kier molecular flexibility index (Phi) is 6.28. The maximum atomic E-state index is 12.9. The Hall–Kier alpha value is -2.62. The van der Waals surface area contributed by atoms with E-state index in [-0.39, 0.29) is 23.8 Å². The third-order valence-corrected chi connectivity index (χ3v) is 5.46. The van der Waals surface area contributed by atoms with Crippen molar-refractivity contribution in [3.8, 4) is 0 Å². The van der Waals surface area contributed by atoms with E-state index in [0.717, 1.165) is 23.2 Å². The van der Waals surface area contributed by atoms with Crippen molar-refractivity contribution in [3.05, 3.63) is 65.7 Å². The van der Waals surface area contributed by atoms with Gasteiger partial charge >= 0.3 is 0 Å². The van der Waals surface area contributed by atoms with Crippen LogP contribution in [0.4, 0.5) is 5.69 Å². The molecule has 2 atom stereocenters. The minimum absolute atomic E-state index is 0.0275. The largest absolute Gasteiger partial charge is 0.336 e. The van der Waals surface area contributed by atoms with Crippen molar-refractivity contribution in [1.82, 2.24) is 4.90 Å². The third-order valence-electron chi connectivity index (χ3n) is 5.46. The summed E-state index contributed by atoms with van der Waals surface area (Å²) in [5.41, 5.74) is 3.18. The maximum absolute atomic E-state index is 12.9. The fourth-order valence-corrected chi connectivity index (χ4v) is 3.58. The first-order chi connectivity index (χ1) is 13.1. The zero-order chi connectivity index (χ0) is 19.2. The molecule has 1 aliphatic heterocycles. The highest BCUT2D eigenvalue weighted by Gasteiger charge is 2.27. The monoisotopic (exact) mass is 364 g/mol. The molecule has 1 heterocycles. The van der Waals surface area contributed by atoms with E-state index in [1.807, 2.05) is 59.5 Å². The fraction of sp³-hybridized carbons (Fsp3) is 0.391. The smallest absolute Gasteiger partial charge is 0.227 e. The normalized spacial score (nSPS) is 17.0. The van der Waals surface area contributed by atoms with Gasteiger partial charge in [0.15, 0.2) is 0 Å². The Labute approximate surface area is 161 Å². The summed E-state index contributed by atoms with van der Waals surface area (Å²) in [6, 6.07) is 18.2. The molecule has 2 aromatic rings. The van der Waals surface area contributed by atoms with Crippen molar-refractivity contribution < 1.29 is 9.59 Å². The first-order valence-electron chi connectivity index (χ1n) is 9.80. The standard InChI is InChI=1S/C23H28N2O2/c1-3-17(2)25(16-18-9-5-4-6-10-18)22(26)14-13-20-15-19-11-7-8-12-21(19)24-23(20)27/h4-12,17,20H,3,13-16H2,1-2H3,(H,24,27)/t17-,20-/m0/s1. The Morgan fingerprint density at radius 3 is 2.59 bits per heavy atom. The topological polar surface area (TPSA) is 49.4 Å². The molecule has 0 unspecified atom stereocenters. The van der Waals surface area contributed by atoms with Gasteiger partial charge in [-0.05, 0) is 43.4 Å². The molecule has 0 radical (unpaired) electrons. The summed E-state index contributed by atoms with van der Waals surface area (Å²) in [5, 5.41) is 2.97. The van der Waals surface area contributed by atoms with Gasteiger partial charge in [-0.25, -0.2) is 0 Å². The van der Waals surface area contributed by atoms with Crippen LogP contribution >= 0.6 is 0 Å². The van der Waals surface area contributed by atoms with Crippen LogP contribution in [0.25, 0.3) is 0 Å². The van der Waals surface area contributed by atoms with E-state index in [0.29, 0.717) is 25.8 Å². The summed E-state index contributed by atoms with van der Waals surface area (Å²) in [6.45, 7) is 4.81. The van der Waals surface area contributed by atoms with Crippen LogP contribution in [0.2, 0.25) is 0 Å². The second-order valence-corrected chi connectivity index (χ2v) is 7.35. The molecule has 142 valence electrons. The molecular formula is C23H28N2O2. The van der Waals surface area contributed by atoms with Crippen LogP contribution in [-0.2, 0) is 22.6 Å². The SMILES string of the molecule is CC[C@H](C)N(Cc1ccccc1)C(=O)CC[C@H]1Cc2ccccc2NC1=O. The van der Waals surface area contributed by atoms with Crippen molar-refractivity contribution in [2.45, 2.75) is 52.1 Å². The number of fused-ring (bicyclic) bond motifs is 1. The van der Waals surface area contributed by atoms with Gasteiger partial charge in [-0.15, -0.1) is 0 Å². The van der Waals surface area contributed by atoms with E-state index < -0.39 is 0 Å². The average molecular weight is 364 g/mol. The second kappa shape index (κ2) is 8.85. The average Bonchev–Trinajstić information content (AvgIpc) is 2.70. The van der Waals surface area contributed by atoms with E-state index >= 15 is 0 Å². The minimum Gasteiger partial charge on any atom is -0.336 e. The van der Waals surface area contributed by atoms with Gasteiger partial charge in [0.1, 0.15) is 0 Å². The van der Waals surface area contributed by atoms with Crippen LogP contribution < -0.4 is 5.32 Å². The summed E-state index contributed by atoms with van der Waals surface area (Å²) in [4.78, 5) is 27.3. The number of amides is 2. The van der Waals surface area contributed by atoms with Gasteiger partial charge in [-0.1, -0.05) is 55.5 Å². The predicted octanol–water partition coefficient (Wildman–Crippen LogP) is 4.40. The Morgan fingerprint density at radius 2 is 1.85 bits per heavy atom. The van der Waals surface area contributed by atoms with Crippen molar-refractivity contribution in [1.29, 1.82) is 0 Å². The van der Waals surface area contributed by atoms with E-state index in [4.69, 9.17) is 0 Å². The van der Waals surface area contributed by atoms with E-state index in [2.05, 4.69) is 19.2 Å². The maximum Gasteiger partial charge on any atom is 0.227 e. The van der Waals surface area contributed by atoms with Crippen LogP contribution in [0.15, 0.2) is 54.6 Å². The molecule has 0 saturated carbocycles. The number of benzene rings is 2. The molecule has 1 aliphatic rings. The molecule has 4 heteroatoms. The zero-order valence-corrected chi connectivity index (χ0v) is 16.2. The Bertz CT molecular complexity index is 788. The lowest BCUT2D eigenvalue weighted by molar-refractivity contribution is -0.134. The number of carbonyl (C=O) groups is 2. The molecule has 0 saturated heterocycles. The van der Waals surface area contributed by atoms with Crippen molar-refractivity contribution in [2.75, 3.05) is 5.32 Å². The van der Waals surface area contributed by atoms with E-state index in [1.165, 1.54) is 0 Å². The number of hydrogen-bond acceptors (Lipinski definition) is 2. The number of rotatable bonds is 7. The molecule has 2 aromatic carbocycles. The highest BCUT2D eigenvalue weighted by atomic mass is 16.2. The number of nitrogens with one attached hydrogen (secondary N) is 1. The summed E-state index contributed by atoms with van der Waals surface area (Å²) >= 11 is 0. The summed E-state index contributed by atoms with van der Waals surface area (Å²) in [5.74, 6) is 0.0128. The second-order valence-electron chi connectivity index (χ2n) is 7.35. The predicted molar refractivity (Wildman–Crippen MR) is 108 cm³/mol. The summed E-state index contributed by atoms with van der Waals surface area (Å²) in [6.07, 6.45) is 2.60. The molecular weight excluding hydrogens is 336 g/mol.